The van der Waals surface area contributed by atoms with Crippen molar-refractivity contribution >= 4 is 41.3 Å². The van der Waals surface area contributed by atoms with Gasteiger partial charge in [-0.2, -0.15) is 0 Å². The van der Waals surface area contributed by atoms with E-state index >= 15 is 0 Å². The third-order valence-corrected chi connectivity index (χ3v) is 5.44. The molecule has 1 aromatic rings. The molecule has 1 N–H and O–H groups in total. The third kappa shape index (κ3) is 6.15. The van der Waals surface area contributed by atoms with E-state index in [1.807, 2.05) is 14.0 Å². The second kappa shape index (κ2) is 10.6. The standard InChI is InChI=1S/C17H31N5S.HI/c1-13-8-6-7-9-22(13)14(2)10-19-17(18-4)21(5)11-16-12-23-15(3)20-16;/h12-14H,6-11H2,1-5H3,(H,18,19);1H. The van der Waals surface area contributed by atoms with E-state index in [1.54, 1.807) is 11.3 Å². The Kier molecular flexibility index (Phi) is 9.51. The van der Waals surface area contributed by atoms with Crippen molar-refractivity contribution < 1.29 is 0 Å². The van der Waals surface area contributed by atoms with E-state index in [0.29, 0.717) is 12.1 Å². The van der Waals surface area contributed by atoms with Gasteiger partial charge in [0.2, 0.25) is 0 Å². The van der Waals surface area contributed by atoms with Crippen LogP contribution in [0.15, 0.2) is 10.4 Å². The molecule has 7 heteroatoms. The van der Waals surface area contributed by atoms with Crippen LogP contribution in [0.4, 0.5) is 0 Å². The molecule has 2 rings (SSSR count). The van der Waals surface area contributed by atoms with E-state index in [2.05, 4.69) is 51.4 Å². The Bertz CT molecular complexity index is 519. The molecule has 1 saturated heterocycles. The Morgan fingerprint density at radius 3 is 2.88 bits per heavy atom. The molecule has 0 bridgehead atoms. The highest BCUT2D eigenvalue weighted by Crippen LogP contribution is 2.18. The number of rotatable bonds is 5. The monoisotopic (exact) mass is 465 g/mol. The van der Waals surface area contributed by atoms with Gasteiger partial charge in [0.05, 0.1) is 17.2 Å². The molecule has 0 radical (unpaired) electrons. The van der Waals surface area contributed by atoms with Gasteiger partial charge in [-0.25, -0.2) is 4.98 Å². The molecule has 1 aromatic heterocycles. The zero-order chi connectivity index (χ0) is 16.8. The largest absolute Gasteiger partial charge is 0.355 e. The Morgan fingerprint density at radius 1 is 1.54 bits per heavy atom. The SMILES string of the molecule is CN=C(NCC(C)N1CCCCC1C)N(C)Cc1csc(C)n1.I. The molecule has 0 spiro atoms. The fourth-order valence-electron chi connectivity index (χ4n) is 3.31. The lowest BCUT2D eigenvalue weighted by Gasteiger charge is -2.38. The molecule has 2 atom stereocenters. The number of aryl methyl sites for hydroxylation is 1. The van der Waals surface area contributed by atoms with Gasteiger partial charge < -0.3 is 10.2 Å². The van der Waals surface area contributed by atoms with Crippen LogP contribution in [0.5, 0.6) is 0 Å². The van der Waals surface area contributed by atoms with Crippen molar-refractivity contribution in [3.05, 3.63) is 16.1 Å². The lowest BCUT2D eigenvalue weighted by molar-refractivity contribution is 0.115. The van der Waals surface area contributed by atoms with Gasteiger partial charge in [0.1, 0.15) is 0 Å². The summed E-state index contributed by atoms with van der Waals surface area (Å²) in [4.78, 5) is 13.7. The van der Waals surface area contributed by atoms with Gasteiger partial charge in [-0.1, -0.05) is 6.42 Å². The number of hydrogen-bond donors (Lipinski definition) is 1. The van der Waals surface area contributed by atoms with Gasteiger partial charge in [0.15, 0.2) is 5.96 Å². The normalized spacial score (nSPS) is 20.4. The minimum atomic E-state index is 0. The maximum Gasteiger partial charge on any atom is 0.193 e. The Hall–Kier alpha value is -0.410. The first-order valence-corrected chi connectivity index (χ1v) is 9.47. The summed E-state index contributed by atoms with van der Waals surface area (Å²) in [6.07, 6.45) is 4.02. The molecule has 1 aliphatic rings. The van der Waals surface area contributed by atoms with Crippen molar-refractivity contribution in [2.45, 2.75) is 58.7 Å². The first kappa shape index (κ1) is 21.6. The number of halogens is 1. The average Bonchev–Trinajstić information content (AvgIpc) is 2.93. The zero-order valence-corrected chi connectivity index (χ0v) is 18.7. The van der Waals surface area contributed by atoms with E-state index in [0.717, 1.165) is 29.8 Å². The van der Waals surface area contributed by atoms with Crippen molar-refractivity contribution in [1.82, 2.24) is 20.1 Å². The van der Waals surface area contributed by atoms with Gasteiger partial charge in [-0.3, -0.25) is 9.89 Å². The van der Waals surface area contributed by atoms with Gasteiger partial charge in [0, 0.05) is 38.1 Å². The molecule has 1 fully saturated rings. The third-order valence-electron chi connectivity index (χ3n) is 4.62. The summed E-state index contributed by atoms with van der Waals surface area (Å²) < 4.78 is 0. The van der Waals surface area contributed by atoms with Crippen LogP contribution in [-0.2, 0) is 6.54 Å². The zero-order valence-electron chi connectivity index (χ0n) is 15.6. The summed E-state index contributed by atoms with van der Waals surface area (Å²) in [6, 6.07) is 1.22. The second-order valence-corrected chi connectivity index (χ2v) is 7.64. The van der Waals surface area contributed by atoms with E-state index in [-0.39, 0.29) is 24.0 Å². The number of aromatic nitrogens is 1. The minimum absolute atomic E-state index is 0. The number of nitrogens with zero attached hydrogens (tertiary/aromatic N) is 4. The fraction of sp³-hybridized carbons (Fsp3) is 0.765. The van der Waals surface area contributed by atoms with Crippen molar-refractivity contribution in [3.63, 3.8) is 0 Å². The van der Waals surface area contributed by atoms with Crippen LogP contribution in [0.3, 0.4) is 0 Å². The van der Waals surface area contributed by atoms with Crippen LogP contribution in [0, 0.1) is 6.92 Å². The highest BCUT2D eigenvalue weighted by atomic mass is 127. The van der Waals surface area contributed by atoms with Gasteiger partial charge in [0.25, 0.3) is 0 Å². The maximum absolute atomic E-state index is 4.53. The molecule has 138 valence electrons. The van der Waals surface area contributed by atoms with Gasteiger partial charge >= 0.3 is 0 Å². The second-order valence-electron chi connectivity index (χ2n) is 6.57. The number of likely N-dealkylation sites (tertiary alicyclic amines) is 1. The maximum atomic E-state index is 4.53. The molecular formula is C17H32IN5S. The van der Waals surface area contributed by atoms with E-state index < -0.39 is 0 Å². The quantitative estimate of drug-likeness (QED) is 0.412. The minimum Gasteiger partial charge on any atom is -0.355 e. The Morgan fingerprint density at radius 2 is 2.29 bits per heavy atom. The molecule has 2 unspecified atom stereocenters. The predicted octanol–water partition coefficient (Wildman–Crippen LogP) is 3.34. The summed E-state index contributed by atoms with van der Waals surface area (Å²) >= 11 is 1.70. The molecule has 1 aliphatic heterocycles. The predicted molar refractivity (Wildman–Crippen MR) is 115 cm³/mol. The van der Waals surface area contributed by atoms with Crippen LogP contribution in [0.2, 0.25) is 0 Å². The number of hydrogen-bond acceptors (Lipinski definition) is 4. The lowest BCUT2D eigenvalue weighted by atomic mass is 10.0. The number of piperidine rings is 1. The van der Waals surface area contributed by atoms with E-state index in [4.69, 9.17) is 0 Å². The fourth-order valence-corrected chi connectivity index (χ4v) is 3.92. The summed E-state index contributed by atoms with van der Waals surface area (Å²) in [5, 5.41) is 6.76. The van der Waals surface area contributed by atoms with Crippen LogP contribution >= 0.6 is 35.3 Å². The number of thiazole rings is 1. The molecule has 2 heterocycles. The summed E-state index contributed by atoms with van der Waals surface area (Å²) in [7, 11) is 3.91. The molecule has 0 aromatic carbocycles. The smallest absolute Gasteiger partial charge is 0.193 e. The summed E-state index contributed by atoms with van der Waals surface area (Å²) in [5.41, 5.74) is 1.11. The average molecular weight is 465 g/mol. The first-order chi connectivity index (χ1) is 11.0. The molecular weight excluding hydrogens is 433 g/mol. The topological polar surface area (TPSA) is 43.8 Å². The molecule has 5 nitrogen and oxygen atoms in total. The van der Waals surface area contributed by atoms with Gasteiger partial charge in [-0.05, 0) is 40.2 Å². The summed E-state index contributed by atoms with van der Waals surface area (Å²) in [6.45, 7) is 9.64. The molecule has 24 heavy (non-hydrogen) atoms. The Labute approximate surface area is 168 Å². The van der Waals surface area contributed by atoms with E-state index in [1.165, 1.54) is 25.8 Å². The van der Waals surface area contributed by atoms with Crippen LogP contribution in [-0.4, -0.2) is 60.0 Å². The van der Waals surface area contributed by atoms with Crippen molar-refractivity contribution in [1.29, 1.82) is 0 Å². The van der Waals surface area contributed by atoms with Crippen molar-refractivity contribution in [2.75, 3.05) is 27.2 Å². The number of nitrogens with one attached hydrogen (secondary N) is 1. The number of guanidine groups is 1. The van der Waals surface area contributed by atoms with Crippen LogP contribution < -0.4 is 5.32 Å². The van der Waals surface area contributed by atoms with Gasteiger partial charge in [-0.15, -0.1) is 35.3 Å². The molecule has 0 saturated carbocycles. The highest BCUT2D eigenvalue weighted by Gasteiger charge is 2.23. The lowest BCUT2D eigenvalue weighted by Crippen LogP contribution is -2.50. The Balaban J connectivity index is 0.00000288. The van der Waals surface area contributed by atoms with Crippen molar-refractivity contribution in [3.8, 4) is 0 Å². The highest BCUT2D eigenvalue weighted by molar-refractivity contribution is 14.0. The van der Waals surface area contributed by atoms with Crippen LogP contribution in [0.1, 0.15) is 43.8 Å². The molecule has 0 amide bonds. The van der Waals surface area contributed by atoms with Crippen molar-refractivity contribution in [2.24, 2.45) is 4.99 Å². The van der Waals surface area contributed by atoms with E-state index in [9.17, 15) is 0 Å². The first-order valence-electron chi connectivity index (χ1n) is 8.59. The summed E-state index contributed by atoms with van der Waals surface area (Å²) in [5.74, 6) is 0.937. The number of aliphatic imine (C=N–C) groups is 1. The molecule has 0 aliphatic carbocycles. The van der Waals surface area contributed by atoms with Crippen LogP contribution in [0.25, 0.3) is 0 Å².